The summed E-state index contributed by atoms with van der Waals surface area (Å²) < 4.78 is 22.0. The molecule has 0 heterocycles. The van der Waals surface area contributed by atoms with E-state index in [0.29, 0.717) is 5.56 Å². The Morgan fingerprint density at radius 1 is 1.47 bits per heavy atom. The molecule has 1 rings (SSSR count). The highest BCUT2D eigenvalue weighted by Crippen LogP contribution is 2.29. The Labute approximate surface area is 96.1 Å². The van der Waals surface area contributed by atoms with Gasteiger partial charge in [-0.3, -0.25) is 0 Å². The minimum Gasteiger partial charge on any atom is -0.506 e. The maximum absolute atomic E-state index is 11.0. The van der Waals surface area contributed by atoms with Gasteiger partial charge >= 0.3 is 0 Å². The van der Waals surface area contributed by atoms with Gasteiger partial charge < -0.3 is 5.11 Å². The van der Waals surface area contributed by atoms with Crippen molar-refractivity contribution in [1.82, 2.24) is 0 Å². The zero-order valence-corrected chi connectivity index (χ0v) is 9.57. The summed E-state index contributed by atoms with van der Waals surface area (Å²) in [5.74, 6) is -0.599. The lowest BCUT2D eigenvalue weighted by molar-refractivity contribution is 0.459. The van der Waals surface area contributed by atoms with E-state index in [1.54, 1.807) is 6.07 Å². The van der Waals surface area contributed by atoms with Crippen LogP contribution in [0.25, 0.3) is 0 Å². The van der Waals surface area contributed by atoms with Gasteiger partial charge in [0.25, 0.3) is 9.05 Å². The molecule has 0 aliphatic heterocycles. The number of hydrogen-bond acceptors (Lipinski definition) is 4. The largest absolute Gasteiger partial charge is 0.506 e. The summed E-state index contributed by atoms with van der Waals surface area (Å²) in [5.41, 5.74) is 0.419. The molecular weight excluding hydrogens is 261 g/mol. The maximum Gasteiger partial charge on any atom is 0.264 e. The number of alkyl halides is 1. The number of aromatic hydroxyl groups is 1. The Kier molecular flexibility index (Phi) is 3.45. The van der Waals surface area contributed by atoms with Crippen molar-refractivity contribution < 1.29 is 13.5 Å². The van der Waals surface area contributed by atoms with Crippen LogP contribution in [0.2, 0.25) is 0 Å². The number of rotatable bonds is 2. The van der Waals surface area contributed by atoms with E-state index in [-0.39, 0.29) is 11.4 Å². The molecule has 0 saturated carbocycles. The highest BCUT2D eigenvalue weighted by atomic mass is 35.7. The third-order valence-electron chi connectivity index (χ3n) is 1.71. The van der Waals surface area contributed by atoms with Crippen LogP contribution in [0.1, 0.15) is 11.1 Å². The monoisotopic (exact) mass is 265 g/mol. The van der Waals surface area contributed by atoms with E-state index in [9.17, 15) is 13.5 Å². The molecule has 0 amide bonds. The zero-order valence-electron chi connectivity index (χ0n) is 7.24. The van der Waals surface area contributed by atoms with Crippen molar-refractivity contribution in [2.24, 2.45) is 0 Å². The lowest BCUT2D eigenvalue weighted by atomic mass is 10.1. The number of phenolic OH excluding ortho intramolecular Hbond substituents is 1. The molecule has 0 aliphatic carbocycles. The van der Waals surface area contributed by atoms with Gasteiger partial charge in [0.05, 0.1) is 11.6 Å². The fourth-order valence-electron chi connectivity index (χ4n) is 1.02. The number of phenols is 1. The quantitative estimate of drug-likeness (QED) is 0.655. The molecule has 0 atom stereocenters. The van der Waals surface area contributed by atoms with Gasteiger partial charge in [0.15, 0.2) is 0 Å². The third-order valence-corrected chi connectivity index (χ3v) is 3.35. The van der Waals surface area contributed by atoms with E-state index in [2.05, 4.69) is 0 Å². The van der Waals surface area contributed by atoms with Gasteiger partial charge in [0.2, 0.25) is 0 Å². The Bertz CT molecular complexity index is 534. The summed E-state index contributed by atoms with van der Waals surface area (Å²) in [6.45, 7) is 0. The Balaban J connectivity index is 3.55. The minimum absolute atomic E-state index is 0.0391. The van der Waals surface area contributed by atoms with E-state index in [1.807, 2.05) is 0 Å². The molecule has 0 saturated heterocycles. The molecule has 4 nitrogen and oxygen atoms in total. The molecule has 1 aromatic rings. The highest BCUT2D eigenvalue weighted by Gasteiger charge is 2.18. The Morgan fingerprint density at radius 2 is 2.07 bits per heavy atom. The average molecular weight is 266 g/mol. The third kappa shape index (κ3) is 2.53. The fraction of sp³-hybridized carbons (Fsp3) is 0.125. The molecule has 0 aromatic heterocycles. The number of nitriles is 1. The van der Waals surface area contributed by atoms with Crippen LogP contribution in [0, 0.1) is 11.3 Å². The lowest BCUT2D eigenvalue weighted by Crippen LogP contribution is -1.95. The molecule has 0 unspecified atom stereocenters. The first-order valence-electron chi connectivity index (χ1n) is 3.66. The van der Waals surface area contributed by atoms with E-state index < -0.39 is 19.7 Å². The zero-order chi connectivity index (χ0) is 11.6. The normalized spacial score (nSPS) is 11.0. The van der Waals surface area contributed by atoms with Crippen molar-refractivity contribution in [3.63, 3.8) is 0 Å². The summed E-state index contributed by atoms with van der Waals surface area (Å²) >= 11 is 5.51. The van der Waals surface area contributed by atoms with Crippen LogP contribution < -0.4 is 0 Å². The highest BCUT2D eigenvalue weighted by molar-refractivity contribution is 8.13. The van der Waals surface area contributed by atoms with Gasteiger partial charge in [-0.15, -0.1) is 11.6 Å². The summed E-state index contributed by atoms with van der Waals surface area (Å²) in [6, 6.07) is 3.89. The number of halogens is 2. The summed E-state index contributed by atoms with van der Waals surface area (Å²) in [4.78, 5) is -0.446. The van der Waals surface area contributed by atoms with Crippen LogP contribution >= 0.6 is 22.3 Å². The second-order valence-corrected chi connectivity index (χ2v) is 5.46. The van der Waals surface area contributed by atoms with Crippen molar-refractivity contribution >= 4 is 31.3 Å². The average Bonchev–Trinajstić information content (AvgIpc) is 2.15. The number of nitrogens with zero attached hydrogens (tertiary/aromatic N) is 1. The molecule has 0 fully saturated rings. The van der Waals surface area contributed by atoms with Crippen LogP contribution in [0.4, 0.5) is 0 Å². The second kappa shape index (κ2) is 4.27. The smallest absolute Gasteiger partial charge is 0.264 e. The van der Waals surface area contributed by atoms with Crippen LogP contribution in [0.15, 0.2) is 17.0 Å². The van der Waals surface area contributed by atoms with Crippen LogP contribution in [0.3, 0.4) is 0 Å². The molecule has 0 radical (unpaired) electrons. The van der Waals surface area contributed by atoms with Gasteiger partial charge in [0.1, 0.15) is 10.6 Å². The predicted molar refractivity (Wildman–Crippen MR) is 55.4 cm³/mol. The number of hydrogen-bond donors (Lipinski definition) is 1. The standard InChI is InChI=1S/C8H5Cl2NO3S/c9-3-5-2-8(15(10,13)14)7(12)1-6(5)4-11/h1-2,12H,3H2. The molecule has 7 heteroatoms. The summed E-state index contributed by atoms with van der Waals surface area (Å²) in [7, 11) is 1.04. The molecule has 15 heavy (non-hydrogen) atoms. The van der Waals surface area contributed by atoms with Gasteiger partial charge in [-0.1, -0.05) is 0 Å². The van der Waals surface area contributed by atoms with Crippen molar-refractivity contribution in [2.45, 2.75) is 10.8 Å². The van der Waals surface area contributed by atoms with E-state index in [4.69, 9.17) is 27.5 Å². The van der Waals surface area contributed by atoms with E-state index in [1.165, 1.54) is 0 Å². The number of benzene rings is 1. The molecular formula is C8H5Cl2NO3S. The summed E-state index contributed by atoms with van der Waals surface area (Å²) in [5, 5.41) is 18.0. The van der Waals surface area contributed by atoms with Crippen LogP contribution in [0.5, 0.6) is 5.75 Å². The fourth-order valence-corrected chi connectivity index (χ4v) is 2.20. The maximum atomic E-state index is 11.0. The minimum atomic E-state index is -4.04. The first-order chi connectivity index (χ1) is 6.90. The van der Waals surface area contributed by atoms with Crippen LogP contribution in [-0.2, 0) is 14.9 Å². The van der Waals surface area contributed by atoms with Gasteiger partial charge in [-0.05, 0) is 17.7 Å². The van der Waals surface area contributed by atoms with Crippen molar-refractivity contribution in [3.8, 4) is 11.8 Å². The van der Waals surface area contributed by atoms with Gasteiger partial charge in [-0.25, -0.2) is 8.42 Å². The summed E-state index contributed by atoms with van der Waals surface area (Å²) in [6.07, 6.45) is 0. The molecule has 0 spiro atoms. The van der Waals surface area contributed by atoms with Gasteiger partial charge in [0, 0.05) is 16.6 Å². The van der Waals surface area contributed by atoms with Crippen LogP contribution in [-0.4, -0.2) is 13.5 Å². The van der Waals surface area contributed by atoms with Crippen molar-refractivity contribution in [1.29, 1.82) is 5.26 Å². The van der Waals surface area contributed by atoms with Crippen molar-refractivity contribution in [2.75, 3.05) is 0 Å². The van der Waals surface area contributed by atoms with Gasteiger partial charge in [-0.2, -0.15) is 5.26 Å². The first-order valence-corrected chi connectivity index (χ1v) is 6.51. The lowest BCUT2D eigenvalue weighted by Gasteiger charge is -2.04. The molecule has 0 aliphatic rings. The molecule has 80 valence electrons. The molecule has 0 bridgehead atoms. The van der Waals surface area contributed by atoms with E-state index in [0.717, 1.165) is 12.1 Å². The molecule has 1 N–H and O–H groups in total. The predicted octanol–water partition coefficient (Wildman–Crippen LogP) is 1.93. The SMILES string of the molecule is N#Cc1cc(O)c(S(=O)(=O)Cl)cc1CCl. The topological polar surface area (TPSA) is 78.2 Å². The van der Waals surface area contributed by atoms with E-state index >= 15 is 0 Å². The molecule has 1 aromatic carbocycles. The first kappa shape index (κ1) is 12.1. The Morgan fingerprint density at radius 3 is 2.47 bits per heavy atom. The second-order valence-electron chi connectivity index (χ2n) is 2.66. The Hall–Kier alpha value is -0.960. The van der Waals surface area contributed by atoms with Crippen molar-refractivity contribution in [3.05, 3.63) is 23.3 Å².